The lowest BCUT2D eigenvalue weighted by molar-refractivity contribution is -0.114. The zero-order chi connectivity index (χ0) is 18.5. The van der Waals surface area contributed by atoms with Crippen molar-refractivity contribution in [1.82, 2.24) is 14.5 Å². The summed E-state index contributed by atoms with van der Waals surface area (Å²) in [6, 6.07) is 9.40. The first-order valence-corrected chi connectivity index (χ1v) is 8.27. The van der Waals surface area contributed by atoms with Crippen LogP contribution < -0.4 is 16.0 Å². The van der Waals surface area contributed by atoms with Crippen molar-refractivity contribution in [1.29, 1.82) is 0 Å². The van der Waals surface area contributed by atoms with Crippen LogP contribution in [-0.2, 0) is 16.6 Å². The average Bonchev–Trinajstić information content (AvgIpc) is 2.92. The Morgan fingerprint density at radius 1 is 1.23 bits per heavy atom. The minimum Gasteiger partial charge on any atom is -0.383 e. The number of nitrogens with zero attached hydrogens (tertiary/aromatic N) is 3. The van der Waals surface area contributed by atoms with Crippen LogP contribution in [0.5, 0.6) is 0 Å². The first kappa shape index (κ1) is 17.7. The molecule has 0 saturated heterocycles. The van der Waals surface area contributed by atoms with E-state index < -0.39 is 0 Å². The number of aryl methyl sites for hydroxylation is 1. The van der Waals surface area contributed by atoms with Crippen molar-refractivity contribution < 1.29 is 9.53 Å². The quantitative estimate of drug-likeness (QED) is 0.565. The highest BCUT2D eigenvalue weighted by Crippen LogP contribution is 2.23. The highest BCUT2D eigenvalue weighted by Gasteiger charge is 2.09. The van der Waals surface area contributed by atoms with E-state index in [1.807, 2.05) is 41.9 Å². The van der Waals surface area contributed by atoms with Gasteiger partial charge in [-0.2, -0.15) is 0 Å². The molecule has 1 amide bonds. The first-order chi connectivity index (χ1) is 12.6. The molecule has 3 rings (SSSR count). The SMILES string of the molecule is COCCNc1nc2cnc(Nc3ccc(NC(C)=O)cc3)cc2n1C. The van der Waals surface area contributed by atoms with Crippen LogP contribution in [0.3, 0.4) is 0 Å². The molecule has 136 valence electrons. The zero-order valence-electron chi connectivity index (χ0n) is 15.0. The molecule has 0 radical (unpaired) electrons. The van der Waals surface area contributed by atoms with Gasteiger partial charge in [-0.3, -0.25) is 4.79 Å². The van der Waals surface area contributed by atoms with Gasteiger partial charge in [-0.25, -0.2) is 9.97 Å². The van der Waals surface area contributed by atoms with Gasteiger partial charge in [0, 0.05) is 45.1 Å². The molecule has 8 nitrogen and oxygen atoms in total. The van der Waals surface area contributed by atoms with Crippen molar-refractivity contribution in [2.24, 2.45) is 7.05 Å². The number of benzene rings is 1. The number of carbonyl (C=O) groups excluding carboxylic acids is 1. The number of imidazole rings is 1. The van der Waals surface area contributed by atoms with Gasteiger partial charge in [0.1, 0.15) is 11.3 Å². The summed E-state index contributed by atoms with van der Waals surface area (Å²) in [4.78, 5) is 20.0. The minimum atomic E-state index is -0.0936. The lowest BCUT2D eigenvalue weighted by Gasteiger charge is -2.08. The Morgan fingerprint density at radius 3 is 2.65 bits per heavy atom. The Kier molecular flexibility index (Phi) is 5.33. The summed E-state index contributed by atoms with van der Waals surface area (Å²) in [5, 5.41) is 9.24. The molecular formula is C18H22N6O2. The van der Waals surface area contributed by atoms with Crippen molar-refractivity contribution >= 4 is 40.1 Å². The van der Waals surface area contributed by atoms with Crippen LogP contribution in [0.15, 0.2) is 36.5 Å². The average molecular weight is 354 g/mol. The van der Waals surface area contributed by atoms with Crippen molar-refractivity contribution in [3.8, 4) is 0 Å². The molecule has 0 saturated carbocycles. The van der Waals surface area contributed by atoms with E-state index in [9.17, 15) is 4.79 Å². The summed E-state index contributed by atoms with van der Waals surface area (Å²) < 4.78 is 7.03. The van der Waals surface area contributed by atoms with E-state index in [0.717, 1.165) is 34.2 Å². The number of ether oxygens (including phenoxy) is 1. The number of fused-ring (bicyclic) bond motifs is 1. The smallest absolute Gasteiger partial charge is 0.221 e. The Labute approximate surface area is 151 Å². The molecule has 26 heavy (non-hydrogen) atoms. The summed E-state index contributed by atoms with van der Waals surface area (Å²) in [7, 11) is 3.62. The van der Waals surface area contributed by atoms with Gasteiger partial charge in [0.15, 0.2) is 0 Å². The van der Waals surface area contributed by atoms with E-state index in [4.69, 9.17) is 4.74 Å². The number of pyridine rings is 1. The largest absolute Gasteiger partial charge is 0.383 e. The van der Waals surface area contributed by atoms with Crippen molar-refractivity contribution in [3.05, 3.63) is 36.5 Å². The summed E-state index contributed by atoms with van der Waals surface area (Å²) >= 11 is 0. The number of carbonyl (C=O) groups is 1. The van der Waals surface area contributed by atoms with Gasteiger partial charge in [0.2, 0.25) is 11.9 Å². The fourth-order valence-corrected chi connectivity index (χ4v) is 2.57. The van der Waals surface area contributed by atoms with E-state index in [-0.39, 0.29) is 5.91 Å². The molecule has 0 atom stereocenters. The predicted octanol–water partition coefficient (Wildman–Crippen LogP) is 2.73. The summed E-state index contributed by atoms with van der Waals surface area (Å²) in [6.07, 6.45) is 1.74. The molecule has 0 aliphatic heterocycles. The van der Waals surface area contributed by atoms with Gasteiger partial charge >= 0.3 is 0 Å². The monoisotopic (exact) mass is 354 g/mol. The molecule has 8 heteroatoms. The third-order valence-electron chi connectivity index (χ3n) is 3.83. The Bertz CT molecular complexity index is 904. The minimum absolute atomic E-state index is 0.0936. The van der Waals surface area contributed by atoms with Crippen molar-refractivity contribution in [3.63, 3.8) is 0 Å². The normalized spacial score (nSPS) is 10.7. The maximum Gasteiger partial charge on any atom is 0.221 e. The highest BCUT2D eigenvalue weighted by atomic mass is 16.5. The van der Waals surface area contributed by atoms with E-state index in [2.05, 4.69) is 25.9 Å². The summed E-state index contributed by atoms with van der Waals surface area (Å²) in [5.41, 5.74) is 3.42. The topological polar surface area (TPSA) is 93.1 Å². The molecule has 0 unspecified atom stereocenters. The van der Waals surface area contributed by atoms with Crippen LogP contribution in [-0.4, -0.2) is 40.7 Å². The van der Waals surface area contributed by atoms with Gasteiger partial charge in [-0.15, -0.1) is 0 Å². The van der Waals surface area contributed by atoms with Crippen molar-refractivity contribution in [2.45, 2.75) is 6.92 Å². The molecule has 0 spiro atoms. The maximum atomic E-state index is 11.1. The number of hydrogen-bond donors (Lipinski definition) is 3. The number of methoxy groups -OCH3 is 1. The molecule has 0 aliphatic rings. The van der Waals surface area contributed by atoms with Gasteiger partial charge in [0.05, 0.1) is 18.3 Å². The highest BCUT2D eigenvalue weighted by molar-refractivity contribution is 5.89. The van der Waals surface area contributed by atoms with E-state index in [0.29, 0.717) is 13.2 Å². The molecule has 1 aromatic carbocycles. The lowest BCUT2D eigenvalue weighted by Crippen LogP contribution is -2.10. The van der Waals surface area contributed by atoms with Crippen LogP contribution in [0, 0.1) is 0 Å². The Balaban J connectivity index is 1.76. The number of amides is 1. The van der Waals surface area contributed by atoms with E-state index in [1.54, 1.807) is 13.3 Å². The number of anilines is 4. The number of nitrogens with one attached hydrogen (secondary N) is 3. The van der Waals surface area contributed by atoms with Crippen LogP contribution in [0.4, 0.5) is 23.1 Å². The third kappa shape index (κ3) is 4.09. The van der Waals surface area contributed by atoms with Crippen LogP contribution in [0.1, 0.15) is 6.92 Å². The second-order valence-corrected chi connectivity index (χ2v) is 5.86. The molecule has 3 N–H and O–H groups in total. The second-order valence-electron chi connectivity index (χ2n) is 5.86. The first-order valence-electron chi connectivity index (χ1n) is 8.27. The zero-order valence-corrected chi connectivity index (χ0v) is 15.0. The van der Waals surface area contributed by atoms with Crippen LogP contribution >= 0.6 is 0 Å². The third-order valence-corrected chi connectivity index (χ3v) is 3.83. The van der Waals surface area contributed by atoms with Gasteiger partial charge in [-0.05, 0) is 24.3 Å². The molecular weight excluding hydrogens is 332 g/mol. The van der Waals surface area contributed by atoms with Crippen LogP contribution in [0.25, 0.3) is 11.0 Å². The lowest BCUT2D eigenvalue weighted by atomic mass is 10.2. The van der Waals surface area contributed by atoms with Gasteiger partial charge < -0.3 is 25.3 Å². The van der Waals surface area contributed by atoms with Crippen molar-refractivity contribution in [2.75, 3.05) is 36.2 Å². The second kappa shape index (κ2) is 7.83. The molecule has 3 aromatic rings. The molecule has 2 heterocycles. The molecule has 2 aromatic heterocycles. The molecule has 0 fully saturated rings. The Morgan fingerprint density at radius 2 is 1.96 bits per heavy atom. The van der Waals surface area contributed by atoms with E-state index in [1.165, 1.54) is 6.92 Å². The number of aromatic nitrogens is 3. The summed E-state index contributed by atoms with van der Waals surface area (Å²) in [5.74, 6) is 1.40. The number of rotatable bonds is 7. The predicted molar refractivity (Wildman–Crippen MR) is 103 cm³/mol. The van der Waals surface area contributed by atoms with E-state index >= 15 is 0 Å². The fourth-order valence-electron chi connectivity index (χ4n) is 2.57. The Hall–Kier alpha value is -3.13. The van der Waals surface area contributed by atoms with Gasteiger partial charge in [-0.1, -0.05) is 0 Å². The molecule has 0 bridgehead atoms. The van der Waals surface area contributed by atoms with Crippen LogP contribution in [0.2, 0.25) is 0 Å². The number of hydrogen-bond acceptors (Lipinski definition) is 6. The standard InChI is InChI=1S/C18H22N6O2/c1-12(25)21-13-4-6-14(7-5-13)22-17-10-16-15(11-20-17)23-18(24(16)2)19-8-9-26-3/h4-7,10-11H,8-9H2,1-3H3,(H,19,23)(H,20,22)(H,21,25). The van der Waals surface area contributed by atoms with Gasteiger partial charge in [0.25, 0.3) is 0 Å². The summed E-state index contributed by atoms with van der Waals surface area (Å²) in [6.45, 7) is 2.78. The fraction of sp³-hybridized carbons (Fsp3) is 0.278. The maximum absolute atomic E-state index is 11.1. The molecule has 0 aliphatic carbocycles.